The van der Waals surface area contributed by atoms with Crippen molar-refractivity contribution in [3.8, 4) is 5.75 Å². The van der Waals surface area contributed by atoms with Crippen LogP contribution >= 0.6 is 0 Å². The van der Waals surface area contributed by atoms with Gasteiger partial charge in [-0.1, -0.05) is 36.7 Å². The molecular formula is C14H19NO2. The van der Waals surface area contributed by atoms with Gasteiger partial charge in [-0.05, 0) is 36.1 Å². The van der Waals surface area contributed by atoms with E-state index in [9.17, 15) is 0 Å². The molecule has 0 unspecified atom stereocenters. The fourth-order valence-electron chi connectivity index (χ4n) is 1.54. The molecule has 0 fully saturated rings. The summed E-state index contributed by atoms with van der Waals surface area (Å²) < 4.78 is 5.10. The first-order chi connectivity index (χ1) is 8.30. The van der Waals surface area contributed by atoms with E-state index < -0.39 is 0 Å². The summed E-state index contributed by atoms with van der Waals surface area (Å²) in [7, 11) is 1.65. The van der Waals surface area contributed by atoms with E-state index in [2.05, 4.69) is 12.1 Å². The summed E-state index contributed by atoms with van der Waals surface area (Å²) >= 11 is 0. The van der Waals surface area contributed by atoms with Crippen LogP contribution in [0.4, 0.5) is 0 Å². The van der Waals surface area contributed by atoms with Crippen LogP contribution in [-0.2, 0) is 0 Å². The minimum Gasteiger partial charge on any atom is -0.497 e. The molecule has 0 amide bonds. The van der Waals surface area contributed by atoms with Crippen LogP contribution in [0.2, 0.25) is 0 Å². The molecule has 1 aromatic rings. The van der Waals surface area contributed by atoms with Gasteiger partial charge in [-0.3, -0.25) is 0 Å². The second kappa shape index (κ2) is 7.49. The Balaban J connectivity index is 2.79. The summed E-state index contributed by atoms with van der Waals surface area (Å²) in [6.45, 7) is 2.14. The monoisotopic (exact) mass is 233 g/mol. The van der Waals surface area contributed by atoms with E-state index in [0.29, 0.717) is 0 Å². The van der Waals surface area contributed by atoms with E-state index in [0.717, 1.165) is 36.1 Å². The number of hydrogen-bond acceptors (Lipinski definition) is 3. The maximum Gasteiger partial charge on any atom is 0.118 e. The molecule has 0 aliphatic heterocycles. The van der Waals surface area contributed by atoms with Gasteiger partial charge in [0.05, 0.1) is 13.3 Å². The lowest BCUT2D eigenvalue weighted by molar-refractivity contribution is 0.321. The smallest absolute Gasteiger partial charge is 0.118 e. The zero-order chi connectivity index (χ0) is 12.5. The van der Waals surface area contributed by atoms with E-state index in [1.807, 2.05) is 30.3 Å². The van der Waals surface area contributed by atoms with Crippen molar-refractivity contribution >= 4 is 12.3 Å². The summed E-state index contributed by atoms with van der Waals surface area (Å²) in [5.41, 5.74) is 2.11. The van der Waals surface area contributed by atoms with Gasteiger partial charge in [0.1, 0.15) is 5.75 Å². The Morgan fingerprint density at radius 3 is 2.59 bits per heavy atom. The molecule has 3 nitrogen and oxygen atoms in total. The molecule has 17 heavy (non-hydrogen) atoms. The molecule has 0 atom stereocenters. The van der Waals surface area contributed by atoms with Gasteiger partial charge in [-0.2, -0.15) is 0 Å². The molecular weight excluding hydrogens is 214 g/mol. The van der Waals surface area contributed by atoms with Crippen LogP contribution < -0.4 is 4.74 Å². The topological polar surface area (TPSA) is 41.8 Å². The number of rotatable bonds is 6. The van der Waals surface area contributed by atoms with E-state index >= 15 is 0 Å². The molecule has 1 aromatic carbocycles. The first kappa shape index (κ1) is 13.3. The Bertz CT molecular complexity index is 380. The standard InChI is InChI=1S/C14H19NO2/c1-3-4-5-13(11-15-16)10-12-6-8-14(17-2)9-7-12/h6-11,16H,3-5H2,1-2H3/b13-10+,15-11+. The average Bonchev–Trinajstić information content (AvgIpc) is 2.37. The molecule has 0 aromatic heterocycles. The number of nitrogens with zero attached hydrogens (tertiary/aromatic N) is 1. The minimum absolute atomic E-state index is 0.841. The minimum atomic E-state index is 0.841. The van der Waals surface area contributed by atoms with Crippen LogP contribution in [0.5, 0.6) is 5.75 Å². The van der Waals surface area contributed by atoms with Gasteiger partial charge >= 0.3 is 0 Å². The molecule has 0 aliphatic carbocycles. The third-order valence-corrected chi connectivity index (χ3v) is 2.51. The summed E-state index contributed by atoms with van der Waals surface area (Å²) in [6, 6.07) is 7.80. The van der Waals surface area contributed by atoms with E-state index in [-0.39, 0.29) is 0 Å². The summed E-state index contributed by atoms with van der Waals surface area (Å²) in [5.74, 6) is 0.841. The first-order valence-electron chi connectivity index (χ1n) is 5.82. The number of oxime groups is 1. The van der Waals surface area contributed by atoms with Crippen LogP contribution in [-0.4, -0.2) is 18.5 Å². The van der Waals surface area contributed by atoms with Gasteiger partial charge in [0.15, 0.2) is 0 Å². The second-order valence-corrected chi connectivity index (χ2v) is 3.84. The van der Waals surface area contributed by atoms with E-state index in [1.165, 1.54) is 6.21 Å². The number of unbranched alkanes of at least 4 members (excludes halogenated alkanes) is 1. The molecule has 0 heterocycles. The van der Waals surface area contributed by atoms with Crippen molar-refractivity contribution in [2.24, 2.45) is 5.16 Å². The van der Waals surface area contributed by atoms with Crippen LogP contribution in [0.25, 0.3) is 6.08 Å². The fraction of sp³-hybridized carbons (Fsp3) is 0.357. The highest BCUT2D eigenvalue weighted by molar-refractivity contribution is 5.85. The molecule has 92 valence electrons. The van der Waals surface area contributed by atoms with Crippen LogP contribution in [0.1, 0.15) is 31.7 Å². The highest BCUT2D eigenvalue weighted by atomic mass is 16.5. The lowest BCUT2D eigenvalue weighted by Crippen LogP contribution is -1.87. The number of hydrogen-bond donors (Lipinski definition) is 1. The quantitative estimate of drug-likeness (QED) is 0.462. The molecule has 0 spiro atoms. The van der Waals surface area contributed by atoms with Crippen LogP contribution in [0.3, 0.4) is 0 Å². The van der Waals surface area contributed by atoms with Crippen molar-refractivity contribution in [1.82, 2.24) is 0 Å². The summed E-state index contributed by atoms with van der Waals surface area (Å²) in [5, 5.41) is 11.7. The van der Waals surface area contributed by atoms with Gasteiger partial charge in [0.2, 0.25) is 0 Å². The number of allylic oxidation sites excluding steroid dienone is 1. The molecule has 0 saturated carbocycles. The van der Waals surface area contributed by atoms with Crippen molar-refractivity contribution in [3.63, 3.8) is 0 Å². The second-order valence-electron chi connectivity index (χ2n) is 3.84. The van der Waals surface area contributed by atoms with Gasteiger partial charge in [-0.15, -0.1) is 0 Å². The number of ether oxygens (including phenoxy) is 1. The predicted molar refractivity (Wildman–Crippen MR) is 70.8 cm³/mol. The Labute approximate surface area is 102 Å². The summed E-state index contributed by atoms with van der Waals surface area (Å²) in [4.78, 5) is 0. The SMILES string of the molecule is CCCCC(/C=N/O)=C\c1ccc(OC)cc1. The largest absolute Gasteiger partial charge is 0.497 e. The van der Waals surface area contributed by atoms with Crippen molar-refractivity contribution in [3.05, 3.63) is 35.4 Å². The number of benzene rings is 1. The fourth-order valence-corrected chi connectivity index (χ4v) is 1.54. The Kier molecular flexibility index (Phi) is 5.86. The normalized spacial score (nSPS) is 12.0. The highest BCUT2D eigenvalue weighted by Gasteiger charge is 1.96. The molecule has 1 N–H and O–H groups in total. The van der Waals surface area contributed by atoms with Crippen molar-refractivity contribution in [2.45, 2.75) is 26.2 Å². The van der Waals surface area contributed by atoms with Gasteiger partial charge < -0.3 is 9.94 Å². The molecule has 1 rings (SSSR count). The Hall–Kier alpha value is -1.77. The zero-order valence-electron chi connectivity index (χ0n) is 10.4. The van der Waals surface area contributed by atoms with Crippen molar-refractivity contribution in [2.75, 3.05) is 7.11 Å². The van der Waals surface area contributed by atoms with E-state index in [4.69, 9.17) is 9.94 Å². The molecule has 0 radical (unpaired) electrons. The van der Waals surface area contributed by atoms with Crippen LogP contribution in [0, 0.1) is 0 Å². The third-order valence-electron chi connectivity index (χ3n) is 2.51. The zero-order valence-corrected chi connectivity index (χ0v) is 10.4. The van der Waals surface area contributed by atoms with Crippen molar-refractivity contribution in [1.29, 1.82) is 0 Å². The lowest BCUT2D eigenvalue weighted by atomic mass is 10.1. The predicted octanol–water partition coefficient (Wildman–Crippen LogP) is 3.73. The highest BCUT2D eigenvalue weighted by Crippen LogP contribution is 2.15. The van der Waals surface area contributed by atoms with Crippen molar-refractivity contribution < 1.29 is 9.94 Å². The molecule has 0 bridgehead atoms. The van der Waals surface area contributed by atoms with Gasteiger partial charge in [0, 0.05) is 0 Å². The first-order valence-corrected chi connectivity index (χ1v) is 5.82. The van der Waals surface area contributed by atoms with Gasteiger partial charge in [-0.25, -0.2) is 0 Å². The lowest BCUT2D eigenvalue weighted by Gasteiger charge is -2.02. The van der Waals surface area contributed by atoms with E-state index in [1.54, 1.807) is 7.11 Å². The Morgan fingerprint density at radius 1 is 1.35 bits per heavy atom. The molecule has 0 saturated heterocycles. The summed E-state index contributed by atoms with van der Waals surface area (Å²) in [6.07, 6.45) is 6.66. The molecule has 3 heteroatoms. The van der Waals surface area contributed by atoms with Gasteiger partial charge in [0.25, 0.3) is 0 Å². The maximum atomic E-state index is 8.60. The Morgan fingerprint density at radius 2 is 2.06 bits per heavy atom. The average molecular weight is 233 g/mol. The molecule has 0 aliphatic rings. The maximum absolute atomic E-state index is 8.60. The third kappa shape index (κ3) is 4.72. The van der Waals surface area contributed by atoms with Crippen LogP contribution in [0.15, 0.2) is 35.0 Å². The number of methoxy groups -OCH3 is 1.